The van der Waals surface area contributed by atoms with Crippen molar-refractivity contribution in [1.29, 1.82) is 0 Å². The summed E-state index contributed by atoms with van der Waals surface area (Å²) in [4.78, 5) is 17.4. The Hall–Kier alpha value is -2.94. The van der Waals surface area contributed by atoms with E-state index in [2.05, 4.69) is 17.1 Å². The third kappa shape index (κ3) is 3.38. The largest absolute Gasteiger partial charge is 0.487 e. The van der Waals surface area contributed by atoms with Crippen molar-refractivity contribution in [1.82, 2.24) is 4.98 Å². The van der Waals surface area contributed by atoms with E-state index in [-0.39, 0.29) is 11.2 Å². The fourth-order valence-corrected chi connectivity index (χ4v) is 3.35. The molecule has 3 heteroatoms. The molecular formula is C23H21NO2. The van der Waals surface area contributed by atoms with Crippen molar-refractivity contribution in [3.05, 3.63) is 95.8 Å². The van der Waals surface area contributed by atoms with Crippen LogP contribution in [0.3, 0.4) is 0 Å². The Labute approximate surface area is 153 Å². The average Bonchev–Trinajstić information content (AvgIpc) is 3.51. The van der Waals surface area contributed by atoms with Crippen molar-refractivity contribution >= 4 is 5.78 Å². The molecule has 2 aromatic carbocycles. The van der Waals surface area contributed by atoms with Gasteiger partial charge >= 0.3 is 0 Å². The number of carbonyl (C=O) groups is 1. The van der Waals surface area contributed by atoms with Crippen LogP contribution in [0.15, 0.2) is 79.0 Å². The van der Waals surface area contributed by atoms with Gasteiger partial charge in [-0.25, -0.2) is 0 Å². The minimum Gasteiger partial charge on any atom is -0.487 e. The second-order valence-electron chi connectivity index (χ2n) is 6.77. The number of carbonyl (C=O) groups excluding carboxylic acids is 1. The molecule has 0 saturated heterocycles. The Bertz CT molecular complexity index is 886. The highest BCUT2D eigenvalue weighted by Gasteiger charge is 2.50. The number of rotatable bonds is 7. The van der Waals surface area contributed by atoms with Gasteiger partial charge in [-0.1, -0.05) is 60.7 Å². The van der Waals surface area contributed by atoms with E-state index in [0.717, 1.165) is 29.7 Å². The standard InChI is InChI=1S/C23H21NO2/c25-22(23(13-14-23)19-10-5-2-6-11-19)16-20-21(12-7-15-24-20)26-17-18-8-3-1-4-9-18/h1-12,15H,13-14,16-17H2. The van der Waals surface area contributed by atoms with Gasteiger partial charge in [0.1, 0.15) is 18.1 Å². The molecule has 1 saturated carbocycles. The van der Waals surface area contributed by atoms with Gasteiger partial charge < -0.3 is 4.74 Å². The smallest absolute Gasteiger partial charge is 0.149 e. The number of Topliss-reactive ketones (excluding diaryl/α,β-unsaturated/α-hetero) is 1. The molecule has 4 rings (SSSR count). The minimum absolute atomic E-state index is 0.229. The van der Waals surface area contributed by atoms with E-state index in [1.165, 1.54) is 0 Å². The second-order valence-corrected chi connectivity index (χ2v) is 6.77. The topological polar surface area (TPSA) is 39.2 Å². The zero-order valence-corrected chi connectivity index (χ0v) is 14.6. The first-order valence-electron chi connectivity index (χ1n) is 8.97. The fraction of sp³-hybridized carbons (Fsp3) is 0.217. The molecule has 0 radical (unpaired) electrons. The van der Waals surface area contributed by atoms with Gasteiger partial charge in [-0.15, -0.1) is 0 Å². The van der Waals surface area contributed by atoms with Crippen molar-refractivity contribution in [3.63, 3.8) is 0 Å². The van der Waals surface area contributed by atoms with E-state index in [4.69, 9.17) is 4.74 Å². The van der Waals surface area contributed by atoms with Crippen LogP contribution in [0.4, 0.5) is 0 Å². The van der Waals surface area contributed by atoms with Gasteiger partial charge in [-0.2, -0.15) is 0 Å². The number of benzene rings is 2. The van der Waals surface area contributed by atoms with E-state index in [9.17, 15) is 4.79 Å². The summed E-state index contributed by atoms with van der Waals surface area (Å²) < 4.78 is 5.95. The lowest BCUT2D eigenvalue weighted by atomic mass is 9.89. The number of ketones is 1. The van der Waals surface area contributed by atoms with Gasteiger partial charge in [0.2, 0.25) is 0 Å². The highest BCUT2D eigenvalue weighted by atomic mass is 16.5. The molecule has 0 spiro atoms. The molecule has 0 amide bonds. The van der Waals surface area contributed by atoms with Crippen molar-refractivity contribution in [2.45, 2.75) is 31.3 Å². The molecule has 0 bridgehead atoms. The maximum Gasteiger partial charge on any atom is 0.149 e. The molecule has 3 nitrogen and oxygen atoms in total. The predicted molar refractivity (Wildman–Crippen MR) is 101 cm³/mol. The molecule has 0 atom stereocenters. The third-order valence-corrected chi connectivity index (χ3v) is 5.02. The van der Waals surface area contributed by atoms with Crippen LogP contribution in [0.5, 0.6) is 5.75 Å². The lowest BCUT2D eigenvalue weighted by Crippen LogP contribution is -2.23. The molecule has 1 fully saturated rings. The number of aromatic nitrogens is 1. The van der Waals surface area contributed by atoms with Gasteiger partial charge in [-0.3, -0.25) is 9.78 Å². The summed E-state index contributed by atoms with van der Waals surface area (Å²) in [5, 5.41) is 0. The van der Waals surface area contributed by atoms with Crippen LogP contribution in [0.2, 0.25) is 0 Å². The number of hydrogen-bond donors (Lipinski definition) is 0. The van der Waals surface area contributed by atoms with E-state index in [1.54, 1.807) is 6.20 Å². The van der Waals surface area contributed by atoms with Crippen LogP contribution >= 0.6 is 0 Å². The van der Waals surface area contributed by atoms with Gasteiger partial charge in [0.15, 0.2) is 0 Å². The van der Waals surface area contributed by atoms with E-state index in [0.29, 0.717) is 18.8 Å². The van der Waals surface area contributed by atoms with Crippen LogP contribution < -0.4 is 4.74 Å². The Balaban J connectivity index is 1.49. The summed E-state index contributed by atoms with van der Waals surface area (Å²) in [6.07, 6.45) is 3.87. The van der Waals surface area contributed by atoms with E-state index >= 15 is 0 Å². The Kier molecular flexibility index (Phi) is 4.53. The molecule has 130 valence electrons. The van der Waals surface area contributed by atoms with Crippen molar-refractivity contribution in [2.75, 3.05) is 0 Å². The molecule has 26 heavy (non-hydrogen) atoms. The highest BCUT2D eigenvalue weighted by molar-refractivity contribution is 5.94. The van der Waals surface area contributed by atoms with E-state index in [1.807, 2.05) is 60.7 Å². The second kappa shape index (κ2) is 7.12. The summed E-state index contributed by atoms with van der Waals surface area (Å²) in [6.45, 7) is 0.470. The summed E-state index contributed by atoms with van der Waals surface area (Å²) in [7, 11) is 0. The maximum atomic E-state index is 13.0. The first-order valence-corrected chi connectivity index (χ1v) is 8.97. The summed E-state index contributed by atoms with van der Waals surface area (Å²) in [5.41, 5.74) is 2.61. The normalized spacial score (nSPS) is 14.6. The van der Waals surface area contributed by atoms with Crippen LogP contribution in [-0.2, 0) is 23.2 Å². The zero-order chi connectivity index (χ0) is 17.8. The summed E-state index contributed by atoms with van der Waals surface area (Å²) in [5.74, 6) is 0.917. The van der Waals surface area contributed by atoms with Gasteiger partial charge in [0.05, 0.1) is 17.5 Å². The van der Waals surface area contributed by atoms with Crippen molar-refractivity contribution < 1.29 is 9.53 Å². The Morgan fingerprint density at radius 2 is 1.62 bits per heavy atom. The molecule has 1 aliphatic rings. The fourth-order valence-electron chi connectivity index (χ4n) is 3.35. The van der Waals surface area contributed by atoms with Crippen LogP contribution in [-0.4, -0.2) is 10.8 Å². The molecule has 1 heterocycles. The molecule has 1 aliphatic carbocycles. The summed E-state index contributed by atoms with van der Waals surface area (Å²) in [6, 6.07) is 23.8. The lowest BCUT2D eigenvalue weighted by molar-refractivity contribution is -0.120. The monoisotopic (exact) mass is 343 g/mol. The van der Waals surface area contributed by atoms with Crippen LogP contribution in [0, 0.1) is 0 Å². The van der Waals surface area contributed by atoms with Crippen LogP contribution in [0.1, 0.15) is 29.7 Å². The maximum absolute atomic E-state index is 13.0. The number of ether oxygens (including phenoxy) is 1. The number of pyridine rings is 1. The Morgan fingerprint density at radius 3 is 2.31 bits per heavy atom. The number of hydrogen-bond acceptors (Lipinski definition) is 3. The lowest BCUT2D eigenvalue weighted by Gasteiger charge is -2.16. The highest BCUT2D eigenvalue weighted by Crippen LogP contribution is 2.49. The third-order valence-electron chi connectivity index (χ3n) is 5.02. The first kappa shape index (κ1) is 16.5. The molecule has 0 aliphatic heterocycles. The Morgan fingerprint density at radius 1 is 0.923 bits per heavy atom. The average molecular weight is 343 g/mol. The number of nitrogens with zero attached hydrogens (tertiary/aromatic N) is 1. The molecular weight excluding hydrogens is 322 g/mol. The quantitative estimate of drug-likeness (QED) is 0.634. The van der Waals surface area contributed by atoms with Gasteiger partial charge in [0, 0.05) is 6.20 Å². The predicted octanol–water partition coefficient (Wildman–Crippen LogP) is 4.50. The van der Waals surface area contributed by atoms with Crippen molar-refractivity contribution in [3.8, 4) is 5.75 Å². The molecule has 0 N–H and O–H groups in total. The van der Waals surface area contributed by atoms with E-state index < -0.39 is 0 Å². The molecule has 3 aromatic rings. The van der Waals surface area contributed by atoms with Gasteiger partial charge in [0.25, 0.3) is 0 Å². The minimum atomic E-state index is -0.324. The molecule has 0 unspecified atom stereocenters. The zero-order valence-electron chi connectivity index (χ0n) is 14.6. The van der Waals surface area contributed by atoms with Gasteiger partial charge in [-0.05, 0) is 36.1 Å². The summed E-state index contributed by atoms with van der Waals surface area (Å²) >= 11 is 0. The van der Waals surface area contributed by atoms with Crippen molar-refractivity contribution in [2.24, 2.45) is 0 Å². The molecule has 1 aromatic heterocycles. The van der Waals surface area contributed by atoms with Crippen LogP contribution in [0.25, 0.3) is 0 Å². The first-order chi connectivity index (χ1) is 12.8. The SMILES string of the molecule is O=C(Cc1ncccc1OCc1ccccc1)C1(c2ccccc2)CC1.